The van der Waals surface area contributed by atoms with Crippen LogP contribution in [0.3, 0.4) is 0 Å². The molecule has 0 radical (unpaired) electrons. The second-order valence-corrected chi connectivity index (χ2v) is 4.99. The third-order valence-corrected chi connectivity index (χ3v) is 3.96. The van der Waals surface area contributed by atoms with Gasteiger partial charge in [0.25, 0.3) is 0 Å². The van der Waals surface area contributed by atoms with Crippen molar-refractivity contribution in [3.05, 3.63) is 44.9 Å². The highest BCUT2D eigenvalue weighted by Crippen LogP contribution is 2.21. The Balaban J connectivity index is 2.34. The van der Waals surface area contributed by atoms with Crippen LogP contribution in [-0.4, -0.2) is 17.1 Å². The van der Waals surface area contributed by atoms with Crippen LogP contribution in [0.25, 0.3) is 0 Å². The standard InChI is InChI=1S/C13H14IN3O/c1-8-12(14)13(15)17-11(16-8)7-9-5-3-4-6-10(9)18-2/h3-6H,7H2,1-2H3,(H2,15,16,17). The van der Waals surface area contributed by atoms with Gasteiger partial charge >= 0.3 is 0 Å². The van der Waals surface area contributed by atoms with E-state index in [1.54, 1.807) is 7.11 Å². The Hall–Kier alpha value is -1.37. The lowest BCUT2D eigenvalue weighted by atomic mass is 10.1. The quantitative estimate of drug-likeness (QED) is 0.860. The van der Waals surface area contributed by atoms with Crippen molar-refractivity contribution in [3.8, 4) is 5.75 Å². The number of nitrogen functional groups attached to an aromatic ring is 1. The molecular formula is C13H14IN3O. The number of methoxy groups -OCH3 is 1. The zero-order valence-electron chi connectivity index (χ0n) is 10.3. The van der Waals surface area contributed by atoms with E-state index < -0.39 is 0 Å². The molecule has 0 unspecified atom stereocenters. The molecule has 0 aliphatic heterocycles. The summed E-state index contributed by atoms with van der Waals surface area (Å²) in [5, 5.41) is 0. The molecule has 4 nitrogen and oxygen atoms in total. The Morgan fingerprint density at radius 2 is 2.00 bits per heavy atom. The molecule has 2 N–H and O–H groups in total. The molecule has 0 spiro atoms. The van der Waals surface area contributed by atoms with Crippen LogP contribution >= 0.6 is 22.6 Å². The van der Waals surface area contributed by atoms with E-state index in [-0.39, 0.29) is 0 Å². The van der Waals surface area contributed by atoms with Crippen molar-refractivity contribution in [2.45, 2.75) is 13.3 Å². The molecular weight excluding hydrogens is 341 g/mol. The summed E-state index contributed by atoms with van der Waals surface area (Å²) in [5.41, 5.74) is 7.82. The van der Waals surface area contributed by atoms with Gasteiger partial charge in [-0.25, -0.2) is 9.97 Å². The van der Waals surface area contributed by atoms with Gasteiger partial charge in [0, 0.05) is 12.0 Å². The van der Waals surface area contributed by atoms with Crippen LogP contribution < -0.4 is 10.5 Å². The van der Waals surface area contributed by atoms with Crippen LogP contribution in [-0.2, 0) is 6.42 Å². The lowest BCUT2D eigenvalue weighted by molar-refractivity contribution is 0.410. The molecule has 1 aromatic heterocycles. The van der Waals surface area contributed by atoms with E-state index >= 15 is 0 Å². The first kappa shape index (κ1) is 13.1. The van der Waals surface area contributed by atoms with Crippen molar-refractivity contribution in [3.63, 3.8) is 0 Å². The molecule has 2 aromatic rings. The first-order valence-electron chi connectivity index (χ1n) is 5.52. The maximum Gasteiger partial charge on any atom is 0.140 e. The number of halogens is 1. The predicted octanol–water partition coefficient (Wildman–Crippen LogP) is 2.57. The number of hydrogen-bond acceptors (Lipinski definition) is 4. The molecule has 2 rings (SSSR count). The maximum absolute atomic E-state index is 5.86. The minimum atomic E-state index is 0.535. The number of ether oxygens (including phenoxy) is 1. The van der Waals surface area contributed by atoms with E-state index in [1.807, 2.05) is 31.2 Å². The molecule has 0 aliphatic carbocycles. The second-order valence-electron chi connectivity index (χ2n) is 3.91. The zero-order chi connectivity index (χ0) is 13.1. The highest BCUT2D eigenvalue weighted by atomic mass is 127. The Kier molecular flexibility index (Phi) is 4.00. The number of nitrogens with zero attached hydrogens (tertiary/aromatic N) is 2. The van der Waals surface area contributed by atoms with Gasteiger partial charge in [0.15, 0.2) is 0 Å². The summed E-state index contributed by atoms with van der Waals surface area (Å²) < 4.78 is 6.23. The van der Waals surface area contributed by atoms with Gasteiger partial charge in [-0.15, -0.1) is 0 Å². The lowest BCUT2D eigenvalue weighted by Gasteiger charge is -2.09. The summed E-state index contributed by atoms with van der Waals surface area (Å²) in [4.78, 5) is 8.76. The van der Waals surface area contributed by atoms with E-state index in [4.69, 9.17) is 10.5 Å². The Morgan fingerprint density at radius 3 is 2.67 bits per heavy atom. The molecule has 0 atom stereocenters. The number of aromatic nitrogens is 2. The third kappa shape index (κ3) is 2.72. The smallest absolute Gasteiger partial charge is 0.140 e. The molecule has 0 amide bonds. The molecule has 1 heterocycles. The van der Waals surface area contributed by atoms with Crippen LogP contribution in [0.15, 0.2) is 24.3 Å². The summed E-state index contributed by atoms with van der Waals surface area (Å²) in [6.07, 6.45) is 0.617. The Bertz CT molecular complexity index is 549. The molecule has 0 saturated heterocycles. The van der Waals surface area contributed by atoms with Crippen LogP contribution in [0, 0.1) is 10.5 Å². The number of nitrogens with two attached hydrogens (primary N) is 1. The summed E-state index contributed by atoms with van der Waals surface area (Å²) in [6, 6.07) is 7.85. The zero-order valence-corrected chi connectivity index (χ0v) is 12.4. The number of aryl methyl sites for hydroxylation is 1. The van der Waals surface area contributed by atoms with Gasteiger partial charge in [0.1, 0.15) is 17.4 Å². The molecule has 94 valence electrons. The summed E-state index contributed by atoms with van der Waals surface area (Å²) in [6.45, 7) is 1.94. The molecule has 0 bridgehead atoms. The fraction of sp³-hybridized carbons (Fsp3) is 0.231. The van der Waals surface area contributed by atoms with Gasteiger partial charge in [0.2, 0.25) is 0 Å². The Labute approximate surface area is 120 Å². The molecule has 18 heavy (non-hydrogen) atoms. The topological polar surface area (TPSA) is 61.0 Å². The van der Waals surface area contributed by atoms with Crippen LogP contribution in [0.5, 0.6) is 5.75 Å². The fourth-order valence-corrected chi connectivity index (χ4v) is 1.98. The third-order valence-electron chi connectivity index (χ3n) is 2.63. The van der Waals surface area contributed by atoms with Crippen molar-refractivity contribution in [1.82, 2.24) is 9.97 Å². The van der Waals surface area contributed by atoms with E-state index in [9.17, 15) is 0 Å². The summed E-state index contributed by atoms with van der Waals surface area (Å²) >= 11 is 2.16. The molecule has 0 aliphatic rings. The van der Waals surface area contributed by atoms with Gasteiger partial charge in [-0.2, -0.15) is 0 Å². The molecule has 1 aromatic carbocycles. The number of benzene rings is 1. The SMILES string of the molecule is COc1ccccc1Cc1nc(C)c(I)c(N)n1. The maximum atomic E-state index is 5.86. The van der Waals surface area contributed by atoms with E-state index in [2.05, 4.69) is 32.6 Å². The molecule has 0 saturated carbocycles. The minimum absolute atomic E-state index is 0.535. The van der Waals surface area contributed by atoms with Gasteiger partial charge in [0.05, 0.1) is 16.4 Å². The fourth-order valence-electron chi connectivity index (χ4n) is 1.74. The number of hydrogen-bond donors (Lipinski definition) is 1. The van der Waals surface area contributed by atoms with Gasteiger partial charge in [-0.05, 0) is 35.6 Å². The number of anilines is 1. The molecule has 0 fully saturated rings. The monoisotopic (exact) mass is 355 g/mol. The lowest BCUT2D eigenvalue weighted by Crippen LogP contribution is -2.06. The number of rotatable bonds is 3. The van der Waals surface area contributed by atoms with Gasteiger partial charge < -0.3 is 10.5 Å². The van der Waals surface area contributed by atoms with Crippen LogP contribution in [0.4, 0.5) is 5.82 Å². The van der Waals surface area contributed by atoms with Crippen molar-refractivity contribution in [2.24, 2.45) is 0 Å². The average molecular weight is 355 g/mol. The largest absolute Gasteiger partial charge is 0.496 e. The van der Waals surface area contributed by atoms with Gasteiger partial charge in [-0.1, -0.05) is 18.2 Å². The normalized spacial score (nSPS) is 10.4. The van der Waals surface area contributed by atoms with Crippen molar-refractivity contribution < 1.29 is 4.74 Å². The second kappa shape index (κ2) is 5.51. The predicted molar refractivity (Wildman–Crippen MR) is 79.7 cm³/mol. The van der Waals surface area contributed by atoms with E-state index in [0.717, 1.165) is 26.4 Å². The summed E-state index contributed by atoms with van der Waals surface area (Å²) in [7, 11) is 1.66. The Morgan fingerprint density at radius 1 is 1.28 bits per heavy atom. The highest BCUT2D eigenvalue weighted by molar-refractivity contribution is 14.1. The highest BCUT2D eigenvalue weighted by Gasteiger charge is 2.09. The van der Waals surface area contributed by atoms with Crippen LogP contribution in [0.2, 0.25) is 0 Å². The molecule has 5 heteroatoms. The van der Waals surface area contributed by atoms with Crippen molar-refractivity contribution in [1.29, 1.82) is 0 Å². The van der Waals surface area contributed by atoms with Crippen LogP contribution in [0.1, 0.15) is 17.1 Å². The van der Waals surface area contributed by atoms with Crippen molar-refractivity contribution in [2.75, 3.05) is 12.8 Å². The first-order valence-corrected chi connectivity index (χ1v) is 6.60. The van der Waals surface area contributed by atoms with Crippen molar-refractivity contribution >= 4 is 28.4 Å². The van der Waals surface area contributed by atoms with Gasteiger partial charge in [-0.3, -0.25) is 0 Å². The summed E-state index contributed by atoms with van der Waals surface area (Å²) in [5.74, 6) is 2.10. The number of para-hydroxylation sites is 1. The van der Waals surface area contributed by atoms with E-state index in [0.29, 0.717) is 12.2 Å². The van der Waals surface area contributed by atoms with E-state index in [1.165, 1.54) is 0 Å². The average Bonchev–Trinajstić information content (AvgIpc) is 2.36. The minimum Gasteiger partial charge on any atom is -0.496 e. The first-order chi connectivity index (χ1) is 8.61.